The van der Waals surface area contributed by atoms with Crippen LogP contribution in [0.3, 0.4) is 0 Å². The first-order valence-electron chi connectivity index (χ1n) is 7.66. The van der Waals surface area contributed by atoms with Gasteiger partial charge < -0.3 is 18.8 Å². The number of benzene rings is 1. The summed E-state index contributed by atoms with van der Waals surface area (Å²) in [4.78, 5) is 14.4. The van der Waals surface area contributed by atoms with Crippen LogP contribution in [-0.4, -0.2) is 40.4 Å². The van der Waals surface area contributed by atoms with Crippen LogP contribution in [0.5, 0.6) is 0 Å². The third-order valence-electron chi connectivity index (χ3n) is 3.82. The van der Waals surface area contributed by atoms with Gasteiger partial charge in [0.15, 0.2) is 0 Å². The fourth-order valence-electron chi connectivity index (χ4n) is 2.68. The Labute approximate surface area is 144 Å². The van der Waals surface area contributed by atoms with Crippen LogP contribution in [-0.2, 0) is 26.5 Å². The first-order chi connectivity index (χ1) is 12.1. The van der Waals surface area contributed by atoms with Crippen molar-refractivity contribution in [3.8, 4) is 12.3 Å². The highest BCUT2D eigenvalue weighted by molar-refractivity contribution is 5.35. The number of nitro groups is 1. The van der Waals surface area contributed by atoms with E-state index in [9.17, 15) is 10.1 Å². The molecule has 1 aromatic carbocycles. The molecule has 8 heteroatoms. The predicted molar refractivity (Wildman–Crippen MR) is 87.5 cm³/mol. The van der Waals surface area contributed by atoms with Gasteiger partial charge in [-0.1, -0.05) is 5.92 Å². The quantitative estimate of drug-likeness (QED) is 0.329. The van der Waals surface area contributed by atoms with Gasteiger partial charge in [0.1, 0.15) is 12.7 Å². The summed E-state index contributed by atoms with van der Waals surface area (Å²) in [6.07, 6.45) is 10.00. The van der Waals surface area contributed by atoms with Gasteiger partial charge in [-0.15, -0.1) is 6.42 Å². The van der Waals surface area contributed by atoms with Crippen molar-refractivity contribution < 1.29 is 19.1 Å². The topological polar surface area (TPSA) is 88.7 Å². The number of imidazole rings is 1. The molecule has 1 saturated heterocycles. The molecule has 1 aromatic heterocycles. The lowest BCUT2D eigenvalue weighted by atomic mass is 10.1. The van der Waals surface area contributed by atoms with Crippen LogP contribution in [0.2, 0.25) is 0 Å². The smallest absolute Gasteiger partial charge is 0.269 e. The minimum atomic E-state index is -1.07. The second-order valence-electron chi connectivity index (χ2n) is 5.56. The summed E-state index contributed by atoms with van der Waals surface area (Å²) in [5.41, 5.74) is 0.694. The fourth-order valence-corrected chi connectivity index (χ4v) is 2.68. The van der Waals surface area contributed by atoms with Crippen molar-refractivity contribution in [1.29, 1.82) is 0 Å². The van der Waals surface area contributed by atoms with Gasteiger partial charge in [0.2, 0.25) is 5.79 Å². The Morgan fingerprint density at radius 3 is 2.92 bits per heavy atom. The number of hydrogen-bond donors (Lipinski definition) is 0. The molecule has 0 saturated carbocycles. The van der Waals surface area contributed by atoms with Gasteiger partial charge in [-0.05, 0) is 12.1 Å². The Kier molecular flexibility index (Phi) is 5.09. The number of ether oxygens (including phenoxy) is 3. The van der Waals surface area contributed by atoms with E-state index in [4.69, 9.17) is 20.6 Å². The molecule has 2 unspecified atom stereocenters. The highest BCUT2D eigenvalue weighted by Crippen LogP contribution is 2.36. The van der Waals surface area contributed by atoms with E-state index in [1.807, 2.05) is 4.57 Å². The minimum absolute atomic E-state index is 0.00781. The molecule has 2 aromatic rings. The molecule has 2 heterocycles. The molecule has 0 bridgehead atoms. The first-order valence-corrected chi connectivity index (χ1v) is 7.66. The van der Waals surface area contributed by atoms with E-state index in [0.717, 1.165) is 0 Å². The third-order valence-corrected chi connectivity index (χ3v) is 3.82. The second-order valence-corrected chi connectivity index (χ2v) is 5.56. The molecular weight excluding hydrogens is 326 g/mol. The number of rotatable bonds is 7. The maximum absolute atomic E-state index is 10.9. The molecule has 0 spiro atoms. The lowest BCUT2D eigenvalue weighted by Gasteiger charge is -2.29. The van der Waals surface area contributed by atoms with E-state index in [-0.39, 0.29) is 18.4 Å². The van der Waals surface area contributed by atoms with Gasteiger partial charge in [0.05, 0.1) is 31.0 Å². The van der Waals surface area contributed by atoms with Crippen LogP contribution >= 0.6 is 0 Å². The summed E-state index contributed by atoms with van der Waals surface area (Å²) in [5.74, 6) is 1.33. The Balaban J connectivity index is 1.83. The molecule has 0 aliphatic carbocycles. The van der Waals surface area contributed by atoms with Crippen LogP contribution < -0.4 is 0 Å². The molecular formula is C17H17N3O5. The zero-order chi connectivity index (χ0) is 17.7. The van der Waals surface area contributed by atoms with Crippen LogP contribution in [0.15, 0.2) is 43.0 Å². The number of nitrogens with zero attached hydrogens (tertiary/aromatic N) is 3. The Morgan fingerprint density at radius 2 is 2.28 bits per heavy atom. The average molecular weight is 343 g/mol. The van der Waals surface area contributed by atoms with Crippen molar-refractivity contribution in [1.82, 2.24) is 9.55 Å². The molecule has 1 fully saturated rings. The van der Waals surface area contributed by atoms with Crippen LogP contribution in [0.25, 0.3) is 0 Å². The van der Waals surface area contributed by atoms with Crippen molar-refractivity contribution in [2.24, 2.45) is 0 Å². The predicted octanol–water partition coefficient (Wildman–Crippen LogP) is 1.71. The summed E-state index contributed by atoms with van der Waals surface area (Å²) < 4.78 is 19.2. The van der Waals surface area contributed by atoms with Gasteiger partial charge in [0, 0.05) is 30.1 Å². The van der Waals surface area contributed by atoms with Gasteiger partial charge >= 0.3 is 0 Å². The first kappa shape index (κ1) is 17.1. The highest BCUT2D eigenvalue weighted by Gasteiger charge is 2.44. The number of terminal acetylenes is 1. The van der Waals surface area contributed by atoms with E-state index in [2.05, 4.69) is 10.9 Å². The largest absolute Gasteiger partial charge is 0.366 e. The lowest BCUT2D eigenvalue weighted by molar-refractivity contribution is -0.384. The van der Waals surface area contributed by atoms with E-state index in [1.54, 1.807) is 30.9 Å². The molecule has 1 aliphatic heterocycles. The van der Waals surface area contributed by atoms with Crippen LogP contribution in [0, 0.1) is 22.5 Å². The standard InChI is InChI=1S/C17H17N3O5/c1-2-9-23-10-16-11-24-17(25-16,12-19-8-7-18-13-19)14-3-5-15(6-4-14)20(21)22/h1,3-8,13,16H,9-12H2. The van der Waals surface area contributed by atoms with Crippen molar-refractivity contribution in [3.05, 3.63) is 58.7 Å². The number of non-ortho nitro benzene ring substituents is 1. The molecule has 0 N–H and O–H groups in total. The van der Waals surface area contributed by atoms with Gasteiger partial charge in [-0.2, -0.15) is 0 Å². The highest BCUT2D eigenvalue weighted by atomic mass is 16.8. The SMILES string of the molecule is C#CCOCC1COC(Cn2ccnc2)(c2ccc([N+](=O)[O-])cc2)O1. The summed E-state index contributed by atoms with van der Waals surface area (Å²) in [5, 5.41) is 10.9. The van der Waals surface area contributed by atoms with E-state index in [0.29, 0.717) is 25.3 Å². The average Bonchev–Trinajstić information content (AvgIpc) is 3.26. The maximum atomic E-state index is 10.9. The summed E-state index contributed by atoms with van der Waals surface area (Å²) in [6, 6.07) is 6.14. The van der Waals surface area contributed by atoms with Gasteiger partial charge in [0.25, 0.3) is 5.69 Å². The third kappa shape index (κ3) is 3.85. The van der Waals surface area contributed by atoms with Crippen LogP contribution in [0.1, 0.15) is 5.56 Å². The molecule has 0 amide bonds. The zero-order valence-electron chi connectivity index (χ0n) is 13.4. The molecule has 3 rings (SSSR count). The van der Waals surface area contributed by atoms with Crippen molar-refractivity contribution in [3.63, 3.8) is 0 Å². The van der Waals surface area contributed by atoms with E-state index >= 15 is 0 Å². The normalized spacial score (nSPS) is 22.6. The fraction of sp³-hybridized carbons (Fsp3) is 0.353. The Morgan fingerprint density at radius 1 is 1.48 bits per heavy atom. The summed E-state index contributed by atoms with van der Waals surface area (Å²) >= 11 is 0. The zero-order valence-corrected chi connectivity index (χ0v) is 13.4. The van der Waals surface area contributed by atoms with E-state index in [1.165, 1.54) is 12.1 Å². The number of aromatic nitrogens is 2. The number of nitro benzene ring substituents is 1. The summed E-state index contributed by atoms with van der Waals surface area (Å²) in [6.45, 7) is 1.20. The maximum Gasteiger partial charge on any atom is 0.269 e. The lowest BCUT2D eigenvalue weighted by Crippen LogP contribution is -2.34. The minimum Gasteiger partial charge on any atom is -0.366 e. The second kappa shape index (κ2) is 7.44. The monoisotopic (exact) mass is 343 g/mol. The number of hydrogen-bond acceptors (Lipinski definition) is 6. The Bertz CT molecular complexity index is 754. The van der Waals surface area contributed by atoms with Gasteiger partial charge in [-0.3, -0.25) is 10.1 Å². The van der Waals surface area contributed by atoms with Crippen molar-refractivity contribution in [2.45, 2.75) is 18.4 Å². The molecule has 25 heavy (non-hydrogen) atoms. The van der Waals surface area contributed by atoms with Gasteiger partial charge in [-0.25, -0.2) is 4.98 Å². The molecule has 8 nitrogen and oxygen atoms in total. The molecule has 130 valence electrons. The van der Waals surface area contributed by atoms with Crippen LogP contribution in [0.4, 0.5) is 5.69 Å². The Hall–Kier alpha value is -2.73. The van der Waals surface area contributed by atoms with E-state index < -0.39 is 10.7 Å². The molecule has 0 radical (unpaired) electrons. The molecule has 2 atom stereocenters. The summed E-state index contributed by atoms with van der Waals surface area (Å²) in [7, 11) is 0. The van der Waals surface area contributed by atoms with Crippen molar-refractivity contribution >= 4 is 5.69 Å². The molecule has 1 aliphatic rings. The van der Waals surface area contributed by atoms with Crippen molar-refractivity contribution in [2.75, 3.05) is 19.8 Å².